The molecule has 0 bridgehead atoms. The molecule has 0 saturated carbocycles. The van der Waals surface area contributed by atoms with Crippen LogP contribution in [0.5, 0.6) is 5.75 Å². The summed E-state index contributed by atoms with van der Waals surface area (Å²) in [6.07, 6.45) is -0.978. The molecule has 4 nitrogen and oxygen atoms in total. The van der Waals surface area contributed by atoms with Gasteiger partial charge in [-0.1, -0.05) is 12.1 Å². The summed E-state index contributed by atoms with van der Waals surface area (Å²) in [6, 6.07) is 8.75. The smallest absolute Gasteiger partial charge is 0.254 e. The van der Waals surface area contributed by atoms with Gasteiger partial charge in [0.2, 0.25) is 0 Å². The average molecular weight is 321 g/mol. The number of aliphatic hydroxyl groups excluding tert-OH is 1. The number of ether oxygens (including phenoxy) is 1. The molecular formula is C17H17F2NO3. The minimum absolute atomic E-state index is 0.278. The number of hydrogen-bond donors (Lipinski definition) is 2. The van der Waals surface area contributed by atoms with Crippen LogP contribution in [0.1, 0.15) is 28.9 Å². The molecule has 2 unspecified atom stereocenters. The lowest BCUT2D eigenvalue weighted by Crippen LogP contribution is -2.37. The number of carbonyl (C=O) groups is 1. The maximum absolute atomic E-state index is 13.6. The maximum Gasteiger partial charge on any atom is 0.254 e. The van der Waals surface area contributed by atoms with E-state index in [1.165, 1.54) is 7.11 Å². The summed E-state index contributed by atoms with van der Waals surface area (Å²) in [5, 5.41) is 12.8. The predicted octanol–water partition coefficient (Wildman–Crippen LogP) is 2.83. The highest BCUT2D eigenvalue weighted by Gasteiger charge is 2.21. The first kappa shape index (κ1) is 16.9. The molecular weight excluding hydrogens is 304 g/mol. The van der Waals surface area contributed by atoms with Crippen LogP contribution in [0.15, 0.2) is 42.5 Å². The third-order valence-electron chi connectivity index (χ3n) is 3.47. The van der Waals surface area contributed by atoms with Crippen LogP contribution in [0.2, 0.25) is 0 Å². The van der Waals surface area contributed by atoms with E-state index in [9.17, 15) is 18.7 Å². The molecule has 0 aliphatic rings. The Morgan fingerprint density at radius 3 is 2.39 bits per heavy atom. The van der Waals surface area contributed by atoms with Crippen molar-refractivity contribution in [3.8, 4) is 5.75 Å². The molecule has 2 aromatic carbocycles. The first-order valence-electron chi connectivity index (χ1n) is 7.00. The Morgan fingerprint density at radius 2 is 1.83 bits per heavy atom. The molecule has 23 heavy (non-hydrogen) atoms. The number of nitrogens with one attached hydrogen (secondary N) is 1. The third-order valence-corrected chi connectivity index (χ3v) is 3.47. The number of benzene rings is 2. The Labute approximate surface area is 132 Å². The van der Waals surface area contributed by atoms with Crippen molar-refractivity contribution in [3.05, 3.63) is 65.2 Å². The van der Waals surface area contributed by atoms with E-state index < -0.39 is 29.7 Å². The molecule has 2 aromatic rings. The summed E-state index contributed by atoms with van der Waals surface area (Å²) in [4.78, 5) is 12.0. The number of hydrogen-bond acceptors (Lipinski definition) is 3. The van der Waals surface area contributed by atoms with Crippen LogP contribution >= 0.6 is 0 Å². The third kappa shape index (κ3) is 4.04. The first-order valence-corrected chi connectivity index (χ1v) is 7.00. The van der Waals surface area contributed by atoms with Crippen LogP contribution < -0.4 is 10.1 Å². The van der Waals surface area contributed by atoms with E-state index in [0.29, 0.717) is 17.4 Å². The monoisotopic (exact) mass is 321 g/mol. The zero-order valence-electron chi connectivity index (χ0n) is 12.7. The minimum Gasteiger partial charge on any atom is -0.497 e. The Bertz CT molecular complexity index is 689. The lowest BCUT2D eigenvalue weighted by Gasteiger charge is -2.21. The fourth-order valence-electron chi connectivity index (χ4n) is 2.13. The van der Waals surface area contributed by atoms with E-state index in [1.807, 2.05) is 0 Å². The van der Waals surface area contributed by atoms with Crippen LogP contribution in [-0.2, 0) is 0 Å². The van der Waals surface area contributed by atoms with E-state index in [2.05, 4.69) is 5.32 Å². The molecule has 2 rings (SSSR count). The van der Waals surface area contributed by atoms with Gasteiger partial charge in [-0.05, 0) is 36.8 Å². The second-order valence-electron chi connectivity index (χ2n) is 5.10. The number of halogens is 2. The average Bonchev–Trinajstić information content (AvgIpc) is 2.54. The topological polar surface area (TPSA) is 58.6 Å². The SMILES string of the molecule is COc1ccc(C(O)C(C)NC(=O)c2ccc(F)cc2F)cc1. The van der Waals surface area contributed by atoms with Crippen LogP contribution in [0.3, 0.4) is 0 Å². The van der Waals surface area contributed by atoms with Crippen molar-refractivity contribution in [2.75, 3.05) is 7.11 Å². The Balaban J connectivity index is 2.07. The van der Waals surface area contributed by atoms with Crippen molar-refractivity contribution in [2.24, 2.45) is 0 Å². The molecule has 0 heterocycles. The molecule has 0 aromatic heterocycles. The van der Waals surface area contributed by atoms with Gasteiger partial charge in [-0.2, -0.15) is 0 Å². The summed E-state index contributed by atoms with van der Waals surface area (Å²) in [5.74, 6) is -1.78. The van der Waals surface area contributed by atoms with Gasteiger partial charge in [0.15, 0.2) is 0 Å². The fraction of sp³-hybridized carbons (Fsp3) is 0.235. The van der Waals surface area contributed by atoms with Gasteiger partial charge in [0.1, 0.15) is 17.4 Å². The maximum atomic E-state index is 13.6. The van der Waals surface area contributed by atoms with Gasteiger partial charge >= 0.3 is 0 Å². The quantitative estimate of drug-likeness (QED) is 0.890. The van der Waals surface area contributed by atoms with Gasteiger partial charge in [0, 0.05) is 6.07 Å². The largest absolute Gasteiger partial charge is 0.497 e. The summed E-state index contributed by atoms with van der Waals surface area (Å²) in [6.45, 7) is 1.59. The summed E-state index contributed by atoms with van der Waals surface area (Å²) < 4.78 is 31.5. The fourth-order valence-corrected chi connectivity index (χ4v) is 2.13. The second-order valence-corrected chi connectivity index (χ2v) is 5.10. The van der Waals surface area contributed by atoms with E-state index in [0.717, 1.165) is 12.1 Å². The van der Waals surface area contributed by atoms with Crippen LogP contribution in [-0.4, -0.2) is 24.2 Å². The lowest BCUT2D eigenvalue weighted by molar-refractivity contribution is 0.0848. The van der Waals surface area contributed by atoms with Crippen molar-refractivity contribution >= 4 is 5.91 Å². The lowest BCUT2D eigenvalue weighted by atomic mass is 10.0. The number of methoxy groups -OCH3 is 1. The predicted molar refractivity (Wildman–Crippen MR) is 81.2 cm³/mol. The van der Waals surface area contributed by atoms with Crippen molar-refractivity contribution in [1.29, 1.82) is 0 Å². The highest BCUT2D eigenvalue weighted by atomic mass is 19.1. The summed E-state index contributed by atoms with van der Waals surface area (Å²) in [5.41, 5.74) is 0.304. The van der Waals surface area contributed by atoms with Gasteiger partial charge in [-0.3, -0.25) is 4.79 Å². The van der Waals surface area contributed by atoms with E-state index in [-0.39, 0.29) is 5.56 Å². The van der Waals surface area contributed by atoms with Gasteiger partial charge in [0.05, 0.1) is 24.8 Å². The van der Waals surface area contributed by atoms with Crippen LogP contribution in [0, 0.1) is 11.6 Å². The Kier molecular flexibility index (Phi) is 5.28. The molecule has 1 amide bonds. The molecule has 6 heteroatoms. The van der Waals surface area contributed by atoms with E-state index in [1.54, 1.807) is 31.2 Å². The molecule has 0 spiro atoms. The van der Waals surface area contributed by atoms with Gasteiger partial charge in [-0.15, -0.1) is 0 Å². The van der Waals surface area contributed by atoms with Crippen molar-refractivity contribution < 1.29 is 23.4 Å². The van der Waals surface area contributed by atoms with Gasteiger partial charge in [-0.25, -0.2) is 8.78 Å². The molecule has 2 N–H and O–H groups in total. The molecule has 0 aliphatic heterocycles. The Hall–Kier alpha value is -2.47. The number of carbonyl (C=O) groups excluding carboxylic acids is 1. The second kappa shape index (κ2) is 7.19. The Morgan fingerprint density at radius 1 is 1.17 bits per heavy atom. The molecule has 0 fully saturated rings. The molecule has 0 aliphatic carbocycles. The molecule has 0 saturated heterocycles. The summed E-state index contributed by atoms with van der Waals surface area (Å²) >= 11 is 0. The highest BCUT2D eigenvalue weighted by Crippen LogP contribution is 2.20. The van der Waals surface area contributed by atoms with Crippen molar-refractivity contribution in [2.45, 2.75) is 19.1 Å². The molecule has 2 atom stereocenters. The zero-order chi connectivity index (χ0) is 17.0. The molecule has 122 valence electrons. The standard InChI is InChI=1S/C17H17F2NO3/c1-10(16(21)11-3-6-13(23-2)7-4-11)20-17(22)14-8-5-12(18)9-15(14)19/h3-10,16,21H,1-2H3,(H,20,22). The zero-order valence-corrected chi connectivity index (χ0v) is 12.7. The number of amides is 1. The number of rotatable bonds is 5. The highest BCUT2D eigenvalue weighted by molar-refractivity contribution is 5.94. The molecule has 0 radical (unpaired) electrons. The first-order chi connectivity index (χ1) is 10.9. The normalized spacial score (nSPS) is 13.3. The van der Waals surface area contributed by atoms with Crippen molar-refractivity contribution in [3.63, 3.8) is 0 Å². The van der Waals surface area contributed by atoms with Crippen LogP contribution in [0.25, 0.3) is 0 Å². The van der Waals surface area contributed by atoms with E-state index in [4.69, 9.17) is 4.74 Å². The van der Waals surface area contributed by atoms with E-state index >= 15 is 0 Å². The van der Waals surface area contributed by atoms with Crippen molar-refractivity contribution in [1.82, 2.24) is 5.32 Å². The van der Waals surface area contributed by atoms with Gasteiger partial charge < -0.3 is 15.2 Å². The number of aliphatic hydroxyl groups is 1. The summed E-state index contributed by atoms with van der Waals surface area (Å²) in [7, 11) is 1.53. The van der Waals surface area contributed by atoms with Crippen LogP contribution in [0.4, 0.5) is 8.78 Å². The van der Waals surface area contributed by atoms with Gasteiger partial charge in [0.25, 0.3) is 5.91 Å². The minimum atomic E-state index is -0.978.